The highest BCUT2D eigenvalue weighted by molar-refractivity contribution is 6.43. The quantitative estimate of drug-likeness (QED) is 0.492. The summed E-state index contributed by atoms with van der Waals surface area (Å²) in [5.41, 5.74) is 1.73. The molecule has 172 valence electrons. The van der Waals surface area contributed by atoms with E-state index < -0.39 is 0 Å². The minimum absolute atomic E-state index is 0.0996. The fraction of sp³-hybridized carbons (Fsp3) is 0.375. The number of nitrogens with one attached hydrogen (secondary N) is 1. The zero-order chi connectivity index (χ0) is 22.9. The predicted octanol–water partition coefficient (Wildman–Crippen LogP) is 4.42. The number of unbranched alkanes of at least 4 members (excludes halogenated alkanes) is 1. The second-order valence-corrected chi connectivity index (χ2v) is 8.31. The number of ether oxygens (including phenoxy) is 1. The van der Waals surface area contributed by atoms with E-state index in [1.165, 1.54) is 6.07 Å². The van der Waals surface area contributed by atoms with Gasteiger partial charge in [-0.2, -0.15) is 0 Å². The molecule has 0 spiro atoms. The molecule has 2 N–H and O–H groups in total. The maximum absolute atomic E-state index is 11.5. The van der Waals surface area contributed by atoms with Crippen molar-refractivity contribution in [2.75, 3.05) is 51.3 Å². The number of pyridine rings is 1. The van der Waals surface area contributed by atoms with Crippen molar-refractivity contribution < 1.29 is 9.84 Å². The van der Waals surface area contributed by atoms with Gasteiger partial charge in [0.25, 0.3) is 0 Å². The number of hydrogen-bond acceptors (Lipinski definition) is 5. The molecule has 6 nitrogen and oxygen atoms in total. The Kier molecular flexibility index (Phi) is 9.23. The molecule has 8 heteroatoms. The van der Waals surface area contributed by atoms with E-state index in [4.69, 9.17) is 33.0 Å². The third-order valence-electron chi connectivity index (χ3n) is 5.48. The number of piperazine rings is 1. The van der Waals surface area contributed by atoms with E-state index in [0.717, 1.165) is 75.0 Å². The maximum Gasteiger partial charge on any atom is 0.248 e. The molecule has 0 atom stereocenters. The molecule has 1 aromatic heterocycles. The van der Waals surface area contributed by atoms with Crippen LogP contribution in [0.3, 0.4) is 0 Å². The Morgan fingerprint density at radius 2 is 1.75 bits per heavy atom. The molecule has 2 aromatic carbocycles. The van der Waals surface area contributed by atoms with Gasteiger partial charge in [-0.05, 0) is 55.1 Å². The molecule has 1 fully saturated rings. The third-order valence-corrected chi connectivity index (χ3v) is 6.29. The van der Waals surface area contributed by atoms with Crippen molar-refractivity contribution in [3.8, 4) is 5.75 Å². The minimum Gasteiger partial charge on any atom is -0.494 e. The summed E-state index contributed by atoms with van der Waals surface area (Å²) < 4.78 is 5.87. The zero-order valence-corrected chi connectivity index (χ0v) is 19.7. The molecule has 2 heterocycles. The van der Waals surface area contributed by atoms with E-state index in [1.807, 2.05) is 42.5 Å². The Hall–Kier alpha value is -2.25. The van der Waals surface area contributed by atoms with Gasteiger partial charge >= 0.3 is 0 Å². The van der Waals surface area contributed by atoms with Crippen molar-refractivity contribution in [3.05, 3.63) is 68.9 Å². The maximum atomic E-state index is 11.5. The average molecular weight is 478 g/mol. The molecular weight excluding hydrogens is 449 g/mol. The van der Waals surface area contributed by atoms with Gasteiger partial charge in [0.2, 0.25) is 5.56 Å². The molecule has 3 aromatic rings. The average Bonchev–Trinajstić information content (AvgIpc) is 2.82. The fourth-order valence-corrected chi connectivity index (χ4v) is 4.21. The predicted molar refractivity (Wildman–Crippen MR) is 133 cm³/mol. The lowest BCUT2D eigenvalue weighted by Crippen LogP contribution is -2.46. The van der Waals surface area contributed by atoms with Gasteiger partial charge in [-0.25, -0.2) is 0 Å². The first-order chi connectivity index (χ1) is 15.6. The first-order valence-corrected chi connectivity index (χ1v) is 11.5. The van der Waals surface area contributed by atoms with Gasteiger partial charge in [-0.3, -0.25) is 9.69 Å². The SMILES string of the molecule is CO.O=c1ccc2ccc(OCCCCN3CCN(c4cccc(Cl)c4Cl)CC3)cc2[nH]1. The van der Waals surface area contributed by atoms with Gasteiger partial charge in [0.1, 0.15) is 5.75 Å². The van der Waals surface area contributed by atoms with Crippen LogP contribution in [0.2, 0.25) is 10.0 Å². The van der Waals surface area contributed by atoms with Crippen molar-refractivity contribution in [1.29, 1.82) is 0 Å². The van der Waals surface area contributed by atoms with Gasteiger partial charge in [0.05, 0.1) is 27.9 Å². The minimum atomic E-state index is -0.0996. The van der Waals surface area contributed by atoms with E-state index in [0.29, 0.717) is 16.7 Å². The van der Waals surface area contributed by atoms with Crippen molar-refractivity contribution in [1.82, 2.24) is 9.88 Å². The number of rotatable bonds is 7. The first kappa shape index (κ1) is 24.4. The van der Waals surface area contributed by atoms with Crippen LogP contribution in [0.1, 0.15) is 12.8 Å². The Labute approximate surface area is 198 Å². The summed E-state index contributed by atoms with van der Waals surface area (Å²) in [6.07, 6.45) is 2.08. The van der Waals surface area contributed by atoms with Gasteiger partial charge in [-0.15, -0.1) is 0 Å². The Morgan fingerprint density at radius 1 is 1.00 bits per heavy atom. The molecular formula is C24H29Cl2N3O3. The Morgan fingerprint density at radius 3 is 2.53 bits per heavy atom. The van der Waals surface area contributed by atoms with Crippen LogP contribution in [-0.2, 0) is 0 Å². The van der Waals surface area contributed by atoms with Crippen molar-refractivity contribution in [3.63, 3.8) is 0 Å². The van der Waals surface area contributed by atoms with Crippen LogP contribution in [0, 0.1) is 0 Å². The Bertz CT molecular complexity index is 1070. The monoisotopic (exact) mass is 477 g/mol. The summed E-state index contributed by atoms with van der Waals surface area (Å²) in [6.45, 7) is 5.66. The molecule has 1 saturated heterocycles. The number of anilines is 1. The topological polar surface area (TPSA) is 68.8 Å². The molecule has 0 saturated carbocycles. The molecule has 1 aliphatic rings. The number of nitrogens with zero attached hydrogens (tertiary/aromatic N) is 2. The number of hydrogen-bond donors (Lipinski definition) is 2. The van der Waals surface area contributed by atoms with Crippen molar-refractivity contribution >= 4 is 39.8 Å². The number of H-pyrrole nitrogens is 1. The summed E-state index contributed by atoms with van der Waals surface area (Å²) in [6, 6.07) is 14.9. The third kappa shape index (κ3) is 6.39. The summed E-state index contributed by atoms with van der Waals surface area (Å²) in [7, 11) is 1.00. The van der Waals surface area contributed by atoms with Gasteiger partial charge in [-0.1, -0.05) is 29.3 Å². The van der Waals surface area contributed by atoms with Crippen molar-refractivity contribution in [2.24, 2.45) is 0 Å². The molecule has 32 heavy (non-hydrogen) atoms. The second-order valence-electron chi connectivity index (χ2n) is 7.53. The molecule has 0 amide bonds. The van der Waals surface area contributed by atoms with E-state index in [1.54, 1.807) is 0 Å². The van der Waals surface area contributed by atoms with E-state index in [2.05, 4.69) is 14.8 Å². The number of aromatic amines is 1. The molecule has 1 aliphatic heterocycles. The lowest BCUT2D eigenvalue weighted by Gasteiger charge is -2.36. The van der Waals surface area contributed by atoms with Crippen LogP contribution in [0.25, 0.3) is 10.9 Å². The normalized spacial score (nSPS) is 14.2. The van der Waals surface area contributed by atoms with Crippen LogP contribution < -0.4 is 15.2 Å². The van der Waals surface area contributed by atoms with Crippen LogP contribution in [0.5, 0.6) is 5.75 Å². The number of fused-ring (bicyclic) bond motifs is 1. The van der Waals surface area contributed by atoms with E-state index in [9.17, 15) is 4.79 Å². The van der Waals surface area contributed by atoms with Crippen LogP contribution in [-0.4, -0.2) is 61.4 Å². The number of benzene rings is 2. The summed E-state index contributed by atoms with van der Waals surface area (Å²) >= 11 is 12.5. The van der Waals surface area contributed by atoms with E-state index in [-0.39, 0.29) is 5.56 Å². The number of aromatic nitrogens is 1. The Balaban J connectivity index is 0.00000141. The number of halogens is 2. The highest BCUT2D eigenvalue weighted by atomic mass is 35.5. The lowest BCUT2D eigenvalue weighted by atomic mass is 10.2. The van der Waals surface area contributed by atoms with Crippen molar-refractivity contribution in [2.45, 2.75) is 12.8 Å². The lowest BCUT2D eigenvalue weighted by molar-refractivity contribution is 0.238. The van der Waals surface area contributed by atoms with Crippen LogP contribution in [0.15, 0.2) is 53.3 Å². The van der Waals surface area contributed by atoms with E-state index >= 15 is 0 Å². The van der Waals surface area contributed by atoms with Gasteiger partial charge in [0, 0.05) is 45.4 Å². The zero-order valence-electron chi connectivity index (χ0n) is 18.2. The number of aliphatic hydroxyl groups is 1. The standard InChI is InChI=1S/C23H25Cl2N3O2.CH4O/c24-19-4-3-5-21(23(19)25)28-13-11-27(12-14-28)10-1-2-15-30-18-8-6-17-7-9-22(29)26-20(17)16-18;1-2/h3-9,16H,1-2,10-15H2,(H,26,29);2H,1H3. The molecule has 0 unspecified atom stereocenters. The second kappa shape index (κ2) is 12.1. The number of aliphatic hydroxyl groups excluding tert-OH is 1. The smallest absolute Gasteiger partial charge is 0.248 e. The fourth-order valence-electron chi connectivity index (χ4n) is 3.80. The van der Waals surface area contributed by atoms with Crippen LogP contribution in [0.4, 0.5) is 5.69 Å². The molecule has 0 aliphatic carbocycles. The highest BCUT2D eigenvalue weighted by Crippen LogP contribution is 2.32. The molecule has 0 bridgehead atoms. The highest BCUT2D eigenvalue weighted by Gasteiger charge is 2.19. The molecule has 0 radical (unpaired) electrons. The van der Waals surface area contributed by atoms with Crippen LogP contribution >= 0.6 is 23.2 Å². The molecule has 4 rings (SSSR count). The summed E-state index contributed by atoms with van der Waals surface area (Å²) in [5.74, 6) is 0.788. The first-order valence-electron chi connectivity index (χ1n) is 10.7. The largest absolute Gasteiger partial charge is 0.494 e. The van der Waals surface area contributed by atoms with Gasteiger partial charge < -0.3 is 19.7 Å². The van der Waals surface area contributed by atoms with Gasteiger partial charge in [0.15, 0.2) is 0 Å². The summed E-state index contributed by atoms with van der Waals surface area (Å²) in [4.78, 5) is 19.1. The summed E-state index contributed by atoms with van der Waals surface area (Å²) in [5, 5.41) is 9.25.